The molecule has 2 heterocycles. The van der Waals surface area contributed by atoms with Gasteiger partial charge in [0.25, 0.3) is 0 Å². The third-order valence-corrected chi connectivity index (χ3v) is 5.02. The number of fused-ring (bicyclic) bond motifs is 3. The smallest absolute Gasteiger partial charge is 0.0658 e. The van der Waals surface area contributed by atoms with Crippen LogP contribution in [-0.2, 0) is 0 Å². The fourth-order valence-electron chi connectivity index (χ4n) is 2.11. The van der Waals surface area contributed by atoms with E-state index >= 15 is 0 Å². The zero-order valence-corrected chi connectivity index (χ0v) is 10.6. The lowest BCUT2D eigenvalue weighted by Crippen LogP contribution is -2.00. The Hall–Kier alpha value is -1.26. The molecule has 17 heavy (non-hydrogen) atoms. The molecule has 2 aliphatic heterocycles. The molecule has 0 amide bonds. The molecular formula is C13H10N2S2. The summed E-state index contributed by atoms with van der Waals surface area (Å²) in [4.78, 5) is 3.94. The summed E-state index contributed by atoms with van der Waals surface area (Å²) in [6.07, 6.45) is 0. The minimum absolute atomic E-state index is 0.982. The van der Waals surface area contributed by atoms with Gasteiger partial charge < -0.3 is 10.6 Å². The second-order valence-corrected chi connectivity index (χ2v) is 6.13. The van der Waals surface area contributed by atoms with Crippen LogP contribution in [0.5, 0.6) is 0 Å². The Morgan fingerprint density at radius 3 is 2.76 bits per heavy atom. The van der Waals surface area contributed by atoms with Crippen molar-refractivity contribution in [3.63, 3.8) is 0 Å². The predicted octanol–water partition coefficient (Wildman–Crippen LogP) is 4.37. The average molecular weight is 258 g/mol. The maximum Gasteiger partial charge on any atom is 0.0658 e. The third kappa shape index (κ3) is 1.51. The van der Waals surface area contributed by atoms with E-state index in [0.717, 1.165) is 5.88 Å². The van der Waals surface area contributed by atoms with Crippen molar-refractivity contribution in [2.75, 3.05) is 16.5 Å². The molecule has 2 nitrogen and oxygen atoms in total. The van der Waals surface area contributed by atoms with Crippen molar-refractivity contribution >= 4 is 40.6 Å². The summed E-state index contributed by atoms with van der Waals surface area (Å²) in [7, 11) is 0. The molecule has 0 bridgehead atoms. The molecule has 0 unspecified atom stereocenters. The zero-order valence-electron chi connectivity index (χ0n) is 8.99. The molecule has 0 fully saturated rings. The van der Waals surface area contributed by atoms with Crippen LogP contribution in [0.3, 0.4) is 0 Å². The Morgan fingerprint density at radius 1 is 0.882 bits per heavy atom. The summed E-state index contributed by atoms with van der Waals surface area (Å²) in [5, 5.41) is 6.90. The first-order valence-corrected chi connectivity index (χ1v) is 7.29. The van der Waals surface area contributed by atoms with Crippen molar-refractivity contribution in [3.05, 3.63) is 36.4 Å². The summed E-state index contributed by atoms with van der Waals surface area (Å²) in [6, 6.07) is 12.9. The highest BCUT2D eigenvalue weighted by molar-refractivity contribution is 8.00. The molecule has 84 valence electrons. The molecule has 2 aliphatic rings. The molecule has 2 N–H and O–H groups in total. The molecule has 4 heteroatoms. The van der Waals surface area contributed by atoms with Gasteiger partial charge in [-0.25, -0.2) is 0 Å². The highest BCUT2D eigenvalue weighted by atomic mass is 32.2. The van der Waals surface area contributed by atoms with Crippen LogP contribution in [0.25, 0.3) is 0 Å². The van der Waals surface area contributed by atoms with Gasteiger partial charge >= 0.3 is 0 Å². The van der Waals surface area contributed by atoms with Gasteiger partial charge in [-0.1, -0.05) is 23.9 Å². The molecule has 2 aromatic carbocycles. The molecule has 0 saturated heterocycles. The lowest BCUT2D eigenvalue weighted by molar-refractivity contribution is 1.28. The fraction of sp³-hybridized carbons (Fsp3) is 0.0769. The van der Waals surface area contributed by atoms with Crippen molar-refractivity contribution in [1.82, 2.24) is 0 Å². The van der Waals surface area contributed by atoms with E-state index in [4.69, 9.17) is 0 Å². The Bertz CT molecular complexity index is 558. The van der Waals surface area contributed by atoms with Crippen LogP contribution in [0, 0.1) is 0 Å². The predicted molar refractivity (Wildman–Crippen MR) is 74.6 cm³/mol. The Balaban J connectivity index is 1.85. The Kier molecular flexibility index (Phi) is 2.07. The summed E-state index contributed by atoms with van der Waals surface area (Å²) in [5.74, 6) is 0.982. The number of hydrogen-bond acceptors (Lipinski definition) is 4. The van der Waals surface area contributed by atoms with E-state index in [1.165, 1.54) is 31.7 Å². The van der Waals surface area contributed by atoms with E-state index < -0.39 is 0 Å². The summed E-state index contributed by atoms with van der Waals surface area (Å²) in [5.41, 5.74) is 3.70. The largest absolute Gasteiger partial charge is 0.375 e. The standard InChI is InChI=1S/C13H10N2S2/c1-2-4-11-8(3-1)15-10-6-12-9(14-7-16-12)5-13(10)17-11/h1-6,14-15H,7H2. The number of nitrogens with one attached hydrogen (secondary N) is 2. The first kappa shape index (κ1) is 9.74. The van der Waals surface area contributed by atoms with Crippen molar-refractivity contribution in [3.8, 4) is 0 Å². The quantitative estimate of drug-likeness (QED) is 0.625. The molecule has 0 atom stereocenters. The lowest BCUT2D eigenvalue weighted by Gasteiger charge is -2.21. The molecule has 0 aromatic heterocycles. The summed E-state index contributed by atoms with van der Waals surface area (Å²) >= 11 is 3.70. The fourth-order valence-corrected chi connectivity index (χ4v) is 3.99. The number of anilines is 3. The summed E-state index contributed by atoms with van der Waals surface area (Å²) in [6.45, 7) is 0. The highest BCUT2D eigenvalue weighted by Crippen LogP contribution is 2.48. The van der Waals surface area contributed by atoms with Crippen LogP contribution in [0.1, 0.15) is 0 Å². The van der Waals surface area contributed by atoms with Crippen molar-refractivity contribution < 1.29 is 0 Å². The first-order chi connectivity index (χ1) is 8.40. The average Bonchev–Trinajstić information content (AvgIpc) is 2.80. The van der Waals surface area contributed by atoms with E-state index in [1.54, 1.807) is 0 Å². The maximum absolute atomic E-state index is 3.51. The minimum atomic E-state index is 0.982. The van der Waals surface area contributed by atoms with Gasteiger partial charge in [0.2, 0.25) is 0 Å². The third-order valence-electron chi connectivity index (χ3n) is 2.95. The van der Waals surface area contributed by atoms with Gasteiger partial charge in [-0.2, -0.15) is 0 Å². The molecule has 4 rings (SSSR count). The van der Waals surface area contributed by atoms with Crippen LogP contribution in [-0.4, -0.2) is 5.88 Å². The second-order valence-electron chi connectivity index (χ2n) is 4.03. The number of thioether (sulfide) groups is 1. The van der Waals surface area contributed by atoms with Crippen LogP contribution in [0.15, 0.2) is 51.1 Å². The normalized spacial score (nSPS) is 15.3. The number of hydrogen-bond donors (Lipinski definition) is 2. The number of para-hydroxylation sites is 1. The van der Waals surface area contributed by atoms with Gasteiger partial charge in [0, 0.05) is 20.4 Å². The van der Waals surface area contributed by atoms with Crippen molar-refractivity contribution in [1.29, 1.82) is 0 Å². The Labute approximate surface area is 108 Å². The van der Waals surface area contributed by atoms with Gasteiger partial charge in [0.15, 0.2) is 0 Å². The molecular weight excluding hydrogens is 248 g/mol. The van der Waals surface area contributed by atoms with Gasteiger partial charge in [-0.3, -0.25) is 0 Å². The van der Waals surface area contributed by atoms with Crippen LogP contribution in [0.4, 0.5) is 17.1 Å². The van der Waals surface area contributed by atoms with E-state index in [1.807, 2.05) is 23.5 Å². The van der Waals surface area contributed by atoms with Crippen LogP contribution in [0.2, 0.25) is 0 Å². The lowest BCUT2D eigenvalue weighted by atomic mass is 10.2. The van der Waals surface area contributed by atoms with E-state index in [9.17, 15) is 0 Å². The topological polar surface area (TPSA) is 24.1 Å². The second kappa shape index (κ2) is 3.62. The first-order valence-electron chi connectivity index (χ1n) is 5.49. The van der Waals surface area contributed by atoms with Crippen molar-refractivity contribution in [2.45, 2.75) is 14.7 Å². The van der Waals surface area contributed by atoms with E-state index in [-0.39, 0.29) is 0 Å². The number of benzene rings is 2. The van der Waals surface area contributed by atoms with Gasteiger partial charge in [0.05, 0.1) is 17.3 Å². The highest BCUT2D eigenvalue weighted by Gasteiger charge is 2.19. The zero-order chi connectivity index (χ0) is 11.2. The summed E-state index contributed by atoms with van der Waals surface area (Å²) < 4.78 is 0. The van der Waals surface area contributed by atoms with Gasteiger partial charge in [0.1, 0.15) is 0 Å². The molecule has 0 aliphatic carbocycles. The molecule has 0 saturated carbocycles. The van der Waals surface area contributed by atoms with Gasteiger partial charge in [-0.15, -0.1) is 11.8 Å². The molecule has 0 radical (unpaired) electrons. The van der Waals surface area contributed by atoms with E-state index in [2.05, 4.69) is 47.0 Å². The minimum Gasteiger partial charge on any atom is -0.375 e. The van der Waals surface area contributed by atoms with Gasteiger partial charge in [-0.05, 0) is 24.3 Å². The molecule has 0 spiro atoms. The number of rotatable bonds is 0. The van der Waals surface area contributed by atoms with Crippen molar-refractivity contribution in [2.24, 2.45) is 0 Å². The van der Waals surface area contributed by atoms with E-state index in [0.29, 0.717) is 0 Å². The maximum atomic E-state index is 3.51. The Morgan fingerprint density at radius 2 is 1.76 bits per heavy atom. The SMILES string of the molecule is c1ccc2c(c1)Nc1cc3c(cc1S2)NCS3. The molecule has 2 aromatic rings. The van der Waals surface area contributed by atoms with Crippen LogP contribution >= 0.6 is 23.5 Å². The monoisotopic (exact) mass is 258 g/mol. The van der Waals surface area contributed by atoms with Crippen LogP contribution < -0.4 is 10.6 Å².